The van der Waals surface area contributed by atoms with Gasteiger partial charge in [-0.05, 0) is 25.1 Å². The first-order valence-electron chi connectivity index (χ1n) is 5.02. The Morgan fingerprint density at radius 1 is 1.41 bits per heavy atom. The summed E-state index contributed by atoms with van der Waals surface area (Å²) < 4.78 is 10.7. The van der Waals surface area contributed by atoms with Crippen molar-refractivity contribution in [1.82, 2.24) is 0 Å². The number of carbonyl (C=O) groups is 1. The third kappa shape index (κ3) is 2.39. The standard InChI is InChI=1S/C12H9BrO4/c1-2-16-12(15)9-6-11(14)17-10-4-3-7(13)5-8(9)10/h3-6H,2H2,1H3. The molecule has 0 aliphatic heterocycles. The zero-order valence-electron chi connectivity index (χ0n) is 9.03. The first kappa shape index (κ1) is 11.9. The van der Waals surface area contributed by atoms with E-state index in [2.05, 4.69) is 15.9 Å². The van der Waals surface area contributed by atoms with Crippen molar-refractivity contribution in [3.8, 4) is 0 Å². The molecule has 0 spiro atoms. The predicted octanol–water partition coefficient (Wildman–Crippen LogP) is 2.73. The Bertz CT molecular complexity index is 630. The molecule has 4 nitrogen and oxygen atoms in total. The van der Waals surface area contributed by atoms with Crippen molar-refractivity contribution in [1.29, 1.82) is 0 Å². The molecule has 1 aromatic carbocycles. The highest BCUT2D eigenvalue weighted by Crippen LogP contribution is 2.22. The van der Waals surface area contributed by atoms with E-state index in [4.69, 9.17) is 9.15 Å². The van der Waals surface area contributed by atoms with Crippen LogP contribution in [0.1, 0.15) is 17.3 Å². The van der Waals surface area contributed by atoms with Crippen LogP contribution in [0.25, 0.3) is 11.0 Å². The average Bonchev–Trinajstić information content (AvgIpc) is 2.29. The minimum atomic E-state index is -0.567. The summed E-state index contributed by atoms with van der Waals surface area (Å²) in [5, 5.41) is 0.553. The summed E-state index contributed by atoms with van der Waals surface area (Å²) in [6, 6.07) is 6.22. The topological polar surface area (TPSA) is 56.5 Å². The molecule has 17 heavy (non-hydrogen) atoms. The summed E-state index contributed by atoms with van der Waals surface area (Å²) in [7, 11) is 0. The maximum atomic E-state index is 11.7. The van der Waals surface area contributed by atoms with E-state index in [1.807, 2.05) is 0 Å². The first-order valence-corrected chi connectivity index (χ1v) is 5.81. The molecular formula is C12H9BrO4. The molecule has 0 atom stereocenters. The molecule has 0 fully saturated rings. The summed E-state index contributed by atoms with van der Waals surface area (Å²) >= 11 is 3.30. The Morgan fingerprint density at radius 2 is 2.18 bits per heavy atom. The summed E-state index contributed by atoms with van der Waals surface area (Å²) in [6.07, 6.45) is 0. The van der Waals surface area contributed by atoms with Crippen LogP contribution in [0.15, 0.2) is 37.9 Å². The molecule has 0 bridgehead atoms. The molecule has 0 aliphatic carbocycles. The van der Waals surface area contributed by atoms with Gasteiger partial charge >= 0.3 is 11.6 Å². The van der Waals surface area contributed by atoms with Crippen LogP contribution in [0.3, 0.4) is 0 Å². The van der Waals surface area contributed by atoms with Gasteiger partial charge in [0.2, 0.25) is 0 Å². The minimum absolute atomic E-state index is 0.222. The molecule has 0 radical (unpaired) electrons. The molecule has 1 heterocycles. The molecular weight excluding hydrogens is 288 g/mol. The van der Waals surface area contributed by atoms with Crippen molar-refractivity contribution in [2.24, 2.45) is 0 Å². The summed E-state index contributed by atoms with van der Waals surface area (Å²) in [4.78, 5) is 23.0. The van der Waals surface area contributed by atoms with Crippen LogP contribution in [-0.2, 0) is 4.74 Å². The van der Waals surface area contributed by atoms with Crippen molar-refractivity contribution in [2.75, 3.05) is 6.61 Å². The van der Waals surface area contributed by atoms with E-state index in [9.17, 15) is 9.59 Å². The Hall–Kier alpha value is -1.62. The van der Waals surface area contributed by atoms with E-state index in [0.717, 1.165) is 10.5 Å². The summed E-state index contributed by atoms with van der Waals surface area (Å²) in [5.41, 5.74) is 0.0195. The number of ether oxygens (including phenoxy) is 1. The fourth-order valence-corrected chi connectivity index (χ4v) is 1.87. The number of hydrogen-bond donors (Lipinski definition) is 0. The Kier molecular flexibility index (Phi) is 3.28. The molecule has 0 N–H and O–H groups in total. The molecule has 1 aromatic heterocycles. The lowest BCUT2D eigenvalue weighted by atomic mass is 10.1. The van der Waals surface area contributed by atoms with Crippen molar-refractivity contribution in [3.05, 3.63) is 44.7 Å². The van der Waals surface area contributed by atoms with Crippen LogP contribution in [0, 0.1) is 0 Å². The highest BCUT2D eigenvalue weighted by Gasteiger charge is 2.14. The fraction of sp³-hybridized carbons (Fsp3) is 0.167. The molecule has 5 heteroatoms. The maximum Gasteiger partial charge on any atom is 0.339 e. The molecule has 0 aliphatic rings. The number of esters is 1. The number of halogens is 1. The molecule has 2 rings (SSSR count). The third-order valence-corrected chi connectivity index (χ3v) is 2.69. The highest BCUT2D eigenvalue weighted by atomic mass is 79.9. The predicted molar refractivity (Wildman–Crippen MR) is 66.1 cm³/mol. The number of carbonyl (C=O) groups excluding carboxylic acids is 1. The Morgan fingerprint density at radius 3 is 2.88 bits per heavy atom. The van der Waals surface area contributed by atoms with Gasteiger partial charge in [-0.15, -0.1) is 0 Å². The largest absolute Gasteiger partial charge is 0.462 e. The third-order valence-electron chi connectivity index (χ3n) is 2.20. The zero-order chi connectivity index (χ0) is 12.4. The second-order valence-corrected chi connectivity index (χ2v) is 4.26. The summed E-state index contributed by atoms with van der Waals surface area (Å²) in [5.74, 6) is -0.525. The fourth-order valence-electron chi connectivity index (χ4n) is 1.51. The van der Waals surface area contributed by atoms with Gasteiger partial charge in [-0.2, -0.15) is 0 Å². The van der Waals surface area contributed by atoms with E-state index in [1.54, 1.807) is 25.1 Å². The average molecular weight is 297 g/mol. The lowest BCUT2D eigenvalue weighted by Crippen LogP contribution is -2.09. The van der Waals surface area contributed by atoms with Crippen molar-refractivity contribution >= 4 is 32.9 Å². The molecule has 88 valence electrons. The van der Waals surface area contributed by atoms with E-state index >= 15 is 0 Å². The lowest BCUT2D eigenvalue weighted by Gasteiger charge is -2.04. The van der Waals surface area contributed by atoms with Crippen molar-refractivity contribution < 1.29 is 13.9 Å². The maximum absolute atomic E-state index is 11.7. The molecule has 0 saturated heterocycles. The first-order chi connectivity index (χ1) is 8.11. The number of hydrogen-bond acceptors (Lipinski definition) is 4. The van der Waals surface area contributed by atoms with Crippen molar-refractivity contribution in [3.63, 3.8) is 0 Å². The van der Waals surface area contributed by atoms with Gasteiger partial charge in [0, 0.05) is 15.9 Å². The molecule has 0 saturated carbocycles. The van der Waals surface area contributed by atoms with Crippen LogP contribution in [-0.4, -0.2) is 12.6 Å². The van der Waals surface area contributed by atoms with Gasteiger partial charge in [-0.1, -0.05) is 15.9 Å². The van der Waals surface area contributed by atoms with Gasteiger partial charge in [0.1, 0.15) is 5.58 Å². The molecule has 0 amide bonds. The quantitative estimate of drug-likeness (QED) is 0.631. The monoisotopic (exact) mass is 296 g/mol. The number of benzene rings is 1. The van der Waals surface area contributed by atoms with Crippen LogP contribution in [0.4, 0.5) is 0 Å². The van der Waals surface area contributed by atoms with Gasteiger partial charge in [0.05, 0.1) is 12.2 Å². The van der Waals surface area contributed by atoms with Crippen LogP contribution in [0.2, 0.25) is 0 Å². The number of rotatable bonds is 2. The van der Waals surface area contributed by atoms with Gasteiger partial charge in [0.25, 0.3) is 0 Å². The normalized spacial score (nSPS) is 10.5. The minimum Gasteiger partial charge on any atom is -0.462 e. The Labute approximate surface area is 105 Å². The van der Waals surface area contributed by atoms with Gasteiger partial charge in [-0.3, -0.25) is 0 Å². The van der Waals surface area contributed by atoms with E-state index in [1.165, 1.54) is 0 Å². The van der Waals surface area contributed by atoms with Gasteiger partial charge < -0.3 is 9.15 Å². The summed E-state index contributed by atoms with van der Waals surface area (Å²) in [6.45, 7) is 1.97. The van der Waals surface area contributed by atoms with Gasteiger partial charge in [-0.25, -0.2) is 9.59 Å². The molecule has 0 unspecified atom stereocenters. The van der Waals surface area contributed by atoms with Gasteiger partial charge in [0.15, 0.2) is 0 Å². The van der Waals surface area contributed by atoms with Crippen molar-refractivity contribution in [2.45, 2.75) is 6.92 Å². The highest BCUT2D eigenvalue weighted by molar-refractivity contribution is 9.10. The SMILES string of the molecule is CCOC(=O)c1cc(=O)oc2ccc(Br)cc12. The van der Waals surface area contributed by atoms with Crippen LogP contribution >= 0.6 is 15.9 Å². The smallest absolute Gasteiger partial charge is 0.339 e. The van der Waals surface area contributed by atoms with E-state index in [0.29, 0.717) is 11.0 Å². The van der Waals surface area contributed by atoms with E-state index < -0.39 is 11.6 Å². The Balaban J connectivity index is 2.71. The lowest BCUT2D eigenvalue weighted by molar-refractivity contribution is 0.0528. The van der Waals surface area contributed by atoms with Crippen LogP contribution in [0.5, 0.6) is 0 Å². The zero-order valence-corrected chi connectivity index (χ0v) is 10.6. The number of fused-ring (bicyclic) bond motifs is 1. The molecule has 2 aromatic rings. The second kappa shape index (κ2) is 4.71. The van der Waals surface area contributed by atoms with Crippen LogP contribution < -0.4 is 5.63 Å². The van der Waals surface area contributed by atoms with E-state index in [-0.39, 0.29) is 12.2 Å². The second-order valence-electron chi connectivity index (χ2n) is 3.34.